The van der Waals surface area contributed by atoms with Crippen molar-refractivity contribution in [1.29, 1.82) is 0 Å². The van der Waals surface area contributed by atoms with Crippen molar-refractivity contribution >= 4 is 33.4 Å². The first kappa shape index (κ1) is 21.9. The molecule has 8 nitrogen and oxygen atoms in total. The van der Waals surface area contributed by atoms with Crippen LogP contribution in [0.15, 0.2) is 10.7 Å². The average Bonchev–Trinajstić information content (AvgIpc) is 3.13. The molecule has 0 fully saturated rings. The maximum absolute atomic E-state index is 12.9. The number of nitrogens with one attached hydrogen (secondary N) is 1. The lowest BCUT2D eigenvalue weighted by Gasteiger charge is -2.13. The van der Waals surface area contributed by atoms with Crippen molar-refractivity contribution in [3.05, 3.63) is 27.8 Å². The minimum Gasteiger partial charge on any atom is -0.343 e. The van der Waals surface area contributed by atoms with E-state index in [1.807, 2.05) is 6.92 Å². The average molecular weight is 465 g/mol. The van der Waals surface area contributed by atoms with E-state index in [4.69, 9.17) is 0 Å². The van der Waals surface area contributed by atoms with Crippen LogP contribution in [0.4, 0.5) is 18.9 Å². The van der Waals surface area contributed by atoms with Crippen LogP contribution in [0.5, 0.6) is 0 Å². The van der Waals surface area contributed by atoms with E-state index in [2.05, 4.69) is 31.4 Å². The van der Waals surface area contributed by atoms with Crippen molar-refractivity contribution in [3.63, 3.8) is 0 Å². The Hall–Kier alpha value is -2.37. The zero-order valence-corrected chi connectivity index (χ0v) is 17.3. The van der Waals surface area contributed by atoms with Gasteiger partial charge in [0, 0.05) is 27.1 Å². The lowest BCUT2D eigenvalue weighted by molar-refractivity contribution is -0.142. The molecule has 0 radical (unpaired) electrons. The van der Waals surface area contributed by atoms with E-state index in [0.717, 1.165) is 4.68 Å². The van der Waals surface area contributed by atoms with Gasteiger partial charge < -0.3 is 10.2 Å². The van der Waals surface area contributed by atoms with Gasteiger partial charge in [-0.05, 0) is 29.8 Å². The molecule has 0 atom stereocenters. The number of amides is 2. The maximum atomic E-state index is 12.9. The van der Waals surface area contributed by atoms with E-state index in [0.29, 0.717) is 6.54 Å². The van der Waals surface area contributed by atoms with E-state index < -0.39 is 17.8 Å². The summed E-state index contributed by atoms with van der Waals surface area (Å²) in [4.78, 5) is 26.0. The molecule has 0 aromatic carbocycles. The van der Waals surface area contributed by atoms with Gasteiger partial charge in [0.1, 0.15) is 5.69 Å². The van der Waals surface area contributed by atoms with E-state index in [-0.39, 0.29) is 40.4 Å². The largest absolute Gasteiger partial charge is 0.436 e. The van der Waals surface area contributed by atoms with Gasteiger partial charge in [-0.15, -0.1) is 0 Å². The van der Waals surface area contributed by atoms with Gasteiger partial charge in [0.05, 0.1) is 28.6 Å². The number of aryl methyl sites for hydroxylation is 2. The smallest absolute Gasteiger partial charge is 0.343 e. The van der Waals surface area contributed by atoms with Crippen molar-refractivity contribution in [1.82, 2.24) is 24.5 Å². The van der Waals surface area contributed by atoms with Gasteiger partial charge in [0.2, 0.25) is 5.91 Å². The maximum Gasteiger partial charge on any atom is 0.436 e. The molecule has 12 heteroatoms. The summed E-state index contributed by atoms with van der Waals surface area (Å²) in [7, 11) is 3.16. The number of halogens is 4. The van der Waals surface area contributed by atoms with Crippen LogP contribution in [0.2, 0.25) is 0 Å². The molecule has 0 aliphatic heterocycles. The number of nitrogens with zero attached hydrogens (tertiary/aromatic N) is 5. The summed E-state index contributed by atoms with van der Waals surface area (Å²) in [6.07, 6.45) is -3.35. The Morgan fingerprint density at radius 1 is 1.29 bits per heavy atom. The molecule has 2 amide bonds. The molecular formula is C16H20BrF3N6O2. The molecule has 0 aliphatic rings. The zero-order chi connectivity index (χ0) is 21.2. The van der Waals surface area contributed by atoms with E-state index in [9.17, 15) is 22.8 Å². The second-order valence-corrected chi connectivity index (χ2v) is 6.98. The summed E-state index contributed by atoms with van der Waals surface area (Å²) in [6, 6.07) is 0. The highest BCUT2D eigenvalue weighted by atomic mass is 79.9. The van der Waals surface area contributed by atoms with E-state index >= 15 is 0 Å². The lowest BCUT2D eigenvalue weighted by Crippen LogP contribution is -2.26. The first-order chi connectivity index (χ1) is 13.0. The van der Waals surface area contributed by atoms with Gasteiger partial charge in [0.25, 0.3) is 5.91 Å². The number of carbonyl (C=O) groups is 2. The number of alkyl halides is 3. The Bertz CT molecular complexity index is 888. The molecule has 154 valence electrons. The molecule has 0 saturated heterocycles. The lowest BCUT2D eigenvalue weighted by atomic mass is 10.3. The Labute approximate surface area is 167 Å². The topological polar surface area (TPSA) is 85.0 Å². The monoisotopic (exact) mass is 464 g/mol. The molecule has 2 rings (SSSR count). The second kappa shape index (κ2) is 8.33. The van der Waals surface area contributed by atoms with Gasteiger partial charge >= 0.3 is 6.18 Å². The van der Waals surface area contributed by atoms with Crippen molar-refractivity contribution in [3.8, 4) is 0 Å². The first-order valence-electron chi connectivity index (χ1n) is 8.34. The standard InChI is InChI=1S/C16H20BrF3N6O2/c1-5-25-13(15(28)24(3)4)10(8-21-25)22-11(27)6-7-26-9(2)12(17)14(23-26)16(18,19)20/h8H,5-7H2,1-4H3,(H,22,27). The molecule has 0 aliphatic carbocycles. The van der Waals surface area contributed by atoms with Gasteiger partial charge in [-0.25, -0.2) is 0 Å². The molecule has 2 aromatic rings. The number of hydrogen-bond acceptors (Lipinski definition) is 4. The predicted molar refractivity (Wildman–Crippen MR) is 98.8 cm³/mol. The SMILES string of the molecule is CCn1ncc(NC(=O)CCn2nc(C(F)(F)F)c(Br)c2C)c1C(=O)N(C)C. The summed E-state index contributed by atoms with van der Waals surface area (Å²) in [5, 5.41) is 10.2. The highest BCUT2D eigenvalue weighted by Crippen LogP contribution is 2.35. The summed E-state index contributed by atoms with van der Waals surface area (Å²) in [6.45, 7) is 3.67. The number of anilines is 1. The van der Waals surface area contributed by atoms with Crippen LogP contribution in [0.1, 0.15) is 35.2 Å². The number of carbonyl (C=O) groups excluding carboxylic acids is 2. The van der Waals surface area contributed by atoms with E-state index in [1.165, 1.54) is 22.7 Å². The number of hydrogen-bond donors (Lipinski definition) is 1. The van der Waals surface area contributed by atoms with E-state index in [1.54, 1.807) is 14.1 Å². The van der Waals surface area contributed by atoms with Gasteiger partial charge in [-0.2, -0.15) is 23.4 Å². The van der Waals surface area contributed by atoms with Crippen LogP contribution in [0.25, 0.3) is 0 Å². The van der Waals surface area contributed by atoms with Crippen molar-refractivity contribution in [2.75, 3.05) is 19.4 Å². The van der Waals surface area contributed by atoms with Crippen molar-refractivity contribution < 1.29 is 22.8 Å². The first-order valence-corrected chi connectivity index (χ1v) is 9.14. The molecular weight excluding hydrogens is 445 g/mol. The Balaban J connectivity index is 2.13. The minimum atomic E-state index is -4.59. The summed E-state index contributed by atoms with van der Waals surface area (Å²) in [5.41, 5.74) is -0.283. The van der Waals surface area contributed by atoms with Crippen LogP contribution in [0.3, 0.4) is 0 Å². The van der Waals surface area contributed by atoms with Crippen LogP contribution in [0, 0.1) is 6.92 Å². The summed E-state index contributed by atoms with van der Waals surface area (Å²) in [5.74, 6) is -0.792. The second-order valence-electron chi connectivity index (χ2n) is 6.19. The number of aromatic nitrogens is 4. The zero-order valence-electron chi connectivity index (χ0n) is 15.8. The third-order valence-electron chi connectivity index (χ3n) is 3.97. The number of rotatable bonds is 6. The Morgan fingerprint density at radius 3 is 2.43 bits per heavy atom. The van der Waals surface area contributed by atoms with Gasteiger partial charge in [0.15, 0.2) is 5.69 Å². The molecule has 2 heterocycles. The predicted octanol–water partition coefficient (Wildman–Crippen LogP) is 2.92. The molecule has 0 bridgehead atoms. The highest BCUT2D eigenvalue weighted by Gasteiger charge is 2.37. The fourth-order valence-electron chi connectivity index (χ4n) is 2.50. The van der Waals surface area contributed by atoms with Crippen LogP contribution >= 0.6 is 15.9 Å². The molecule has 1 N–H and O–H groups in total. The molecule has 2 aromatic heterocycles. The van der Waals surface area contributed by atoms with Gasteiger partial charge in [-0.1, -0.05) is 0 Å². The molecule has 28 heavy (non-hydrogen) atoms. The van der Waals surface area contributed by atoms with Crippen LogP contribution in [-0.4, -0.2) is 50.4 Å². The van der Waals surface area contributed by atoms with Gasteiger partial charge in [-0.3, -0.25) is 19.0 Å². The summed E-state index contributed by atoms with van der Waals surface area (Å²) < 4.78 is 41.2. The molecule has 0 unspecified atom stereocenters. The minimum absolute atomic E-state index is 0.0504. The van der Waals surface area contributed by atoms with Crippen molar-refractivity contribution in [2.24, 2.45) is 0 Å². The fraction of sp³-hybridized carbons (Fsp3) is 0.500. The van der Waals surface area contributed by atoms with Crippen LogP contribution in [-0.2, 0) is 24.1 Å². The third-order valence-corrected chi connectivity index (χ3v) is 4.92. The summed E-state index contributed by atoms with van der Waals surface area (Å²) >= 11 is 2.89. The van der Waals surface area contributed by atoms with Crippen LogP contribution < -0.4 is 5.32 Å². The fourth-order valence-corrected chi connectivity index (χ4v) is 3.01. The molecule has 0 saturated carbocycles. The normalized spacial score (nSPS) is 11.6. The Kier molecular flexibility index (Phi) is 6.52. The Morgan fingerprint density at radius 2 is 1.93 bits per heavy atom. The highest BCUT2D eigenvalue weighted by molar-refractivity contribution is 9.10. The third kappa shape index (κ3) is 4.54. The molecule has 0 spiro atoms. The van der Waals surface area contributed by atoms with Crippen molar-refractivity contribution in [2.45, 2.75) is 39.5 Å². The quantitative estimate of drug-likeness (QED) is 0.711.